The predicted molar refractivity (Wildman–Crippen MR) is 80.2 cm³/mol. The number of likely N-dealkylation sites (tertiary alicyclic amines) is 1. The summed E-state index contributed by atoms with van der Waals surface area (Å²) >= 11 is 0. The number of hydrogen-bond acceptors (Lipinski definition) is 2. The van der Waals surface area contributed by atoms with Crippen LogP contribution < -0.4 is 5.73 Å². The second-order valence-corrected chi connectivity index (χ2v) is 5.73. The van der Waals surface area contributed by atoms with Crippen molar-refractivity contribution in [2.45, 2.75) is 39.3 Å². The summed E-state index contributed by atoms with van der Waals surface area (Å²) in [6.45, 7) is 9.91. The third kappa shape index (κ3) is 3.71. The van der Waals surface area contributed by atoms with Crippen molar-refractivity contribution in [3.8, 4) is 0 Å². The highest BCUT2D eigenvalue weighted by Gasteiger charge is 2.26. The summed E-state index contributed by atoms with van der Waals surface area (Å²) in [5.74, 6) is 1.24. The predicted octanol–water partition coefficient (Wildman–Crippen LogP) is 3.01. The Morgan fingerprint density at radius 3 is 2.28 bits per heavy atom. The highest BCUT2D eigenvalue weighted by Crippen LogP contribution is 2.19. The van der Waals surface area contributed by atoms with Crippen LogP contribution in [0.1, 0.15) is 37.8 Å². The Morgan fingerprint density at radius 1 is 1.22 bits per heavy atom. The maximum Gasteiger partial charge on any atom is 0.0234 e. The van der Waals surface area contributed by atoms with Gasteiger partial charge in [-0.05, 0) is 23.0 Å². The number of halogens is 1. The van der Waals surface area contributed by atoms with E-state index in [0.29, 0.717) is 17.9 Å². The lowest BCUT2D eigenvalue weighted by Crippen LogP contribution is -2.28. The molecule has 0 amide bonds. The van der Waals surface area contributed by atoms with E-state index in [1.165, 1.54) is 11.1 Å². The van der Waals surface area contributed by atoms with Gasteiger partial charge in [0.2, 0.25) is 0 Å². The van der Waals surface area contributed by atoms with E-state index in [4.69, 9.17) is 5.73 Å². The zero-order valence-corrected chi connectivity index (χ0v) is 12.4. The van der Waals surface area contributed by atoms with Gasteiger partial charge in [0.05, 0.1) is 0 Å². The Balaban J connectivity index is 0.00000162. The van der Waals surface area contributed by atoms with Gasteiger partial charge in [-0.3, -0.25) is 4.90 Å². The SMILES string of the molecule is CC(C)c1ccc(CN2CC(C)C(N)C2)cc1.Cl. The van der Waals surface area contributed by atoms with E-state index in [2.05, 4.69) is 49.9 Å². The number of nitrogens with two attached hydrogens (primary N) is 1. The molecule has 0 aromatic heterocycles. The molecule has 1 fully saturated rings. The molecular formula is C15H25ClN2. The first-order chi connectivity index (χ1) is 8.06. The monoisotopic (exact) mass is 268 g/mol. The summed E-state index contributed by atoms with van der Waals surface area (Å²) in [5.41, 5.74) is 8.86. The summed E-state index contributed by atoms with van der Waals surface area (Å²) in [7, 11) is 0. The van der Waals surface area contributed by atoms with Crippen molar-refractivity contribution in [3.63, 3.8) is 0 Å². The smallest absolute Gasteiger partial charge is 0.0234 e. The topological polar surface area (TPSA) is 29.3 Å². The van der Waals surface area contributed by atoms with Crippen molar-refractivity contribution in [3.05, 3.63) is 35.4 Å². The average molecular weight is 269 g/mol. The van der Waals surface area contributed by atoms with E-state index in [1.807, 2.05) is 0 Å². The zero-order valence-electron chi connectivity index (χ0n) is 11.6. The molecule has 2 rings (SSSR count). The van der Waals surface area contributed by atoms with Gasteiger partial charge >= 0.3 is 0 Å². The molecule has 2 N–H and O–H groups in total. The van der Waals surface area contributed by atoms with Crippen LogP contribution in [0.2, 0.25) is 0 Å². The Labute approximate surface area is 117 Å². The molecule has 1 heterocycles. The fourth-order valence-corrected chi connectivity index (χ4v) is 2.49. The van der Waals surface area contributed by atoms with Crippen LogP contribution in [0.5, 0.6) is 0 Å². The van der Waals surface area contributed by atoms with E-state index in [-0.39, 0.29) is 12.4 Å². The Morgan fingerprint density at radius 2 is 1.83 bits per heavy atom. The van der Waals surface area contributed by atoms with Gasteiger partial charge in [-0.2, -0.15) is 0 Å². The lowest BCUT2D eigenvalue weighted by Gasteiger charge is -2.15. The summed E-state index contributed by atoms with van der Waals surface area (Å²) in [6.07, 6.45) is 0. The van der Waals surface area contributed by atoms with E-state index < -0.39 is 0 Å². The lowest BCUT2D eigenvalue weighted by molar-refractivity contribution is 0.319. The molecule has 18 heavy (non-hydrogen) atoms. The van der Waals surface area contributed by atoms with Crippen LogP contribution in [0.4, 0.5) is 0 Å². The second-order valence-electron chi connectivity index (χ2n) is 5.73. The molecule has 102 valence electrons. The number of nitrogens with zero attached hydrogens (tertiary/aromatic N) is 1. The van der Waals surface area contributed by atoms with Crippen molar-refractivity contribution in [2.24, 2.45) is 11.7 Å². The Kier molecular flexibility index (Phi) is 5.64. The van der Waals surface area contributed by atoms with E-state index in [0.717, 1.165) is 19.6 Å². The quantitative estimate of drug-likeness (QED) is 0.913. The van der Waals surface area contributed by atoms with Crippen LogP contribution in [0.3, 0.4) is 0 Å². The number of hydrogen-bond donors (Lipinski definition) is 1. The molecule has 0 radical (unpaired) electrons. The highest BCUT2D eigenvalue weighted by molar-refractivity contribution is 5.85. The third-order valence-electron chi connectivity index (χ3n) is 3.80. The molecule has 1 saturated heterocycles. The lowest BCUT2D eigenvalue weighted by atomic mass is 10.0. The number of benzene rings is 1. The van der Waals surface area contributed by atoms with Gasteiger partial charge in [0, 0.05) is 25.7 Å². The third-order valence-corrected chi connectivity index (χ3v) is 3.80. The fraction of sp³-hybridized carbons (Fsp3) is 0.600. The fourth-order valence-electron chi connectivity index (χ4n) is 2.49. The molecule has 2 nitrogen and oxygen atoms in total. The van der Waals surface area contributed by atoms with Gasteiger partial charge in [0.15, 0.2) is 0 Å². The first-order valence-corrected chi connectivity index (χ1v) is 6.63. The van der Waals surface area contributed by atoms with Crippen LogP contribution in [0, 0.1) is 5.92 Å². The molecular weight excluding hydrogens is 244 g/mol. The number of rotatable bonds is 3. The van der Waals surface area contributed by atoms with E-state index in [1.54, 1.807) is 0 Å². The minimum atomic E-state index is 0. The first kappa shape index (κ1) is 15.5. The molecule has 0 aliphatic carbocycles. The van der Waals surface area contributed by atoms with Crippen molar-refractivity contribution >= 4 is 12.4 Å². The van der Waals surface area contributed by atoms with Crippen molar-refractivity contribution < 1.29 is 0 Å². The van der Waals surface area contributed by atoms with Crippen molar-refractivity contribution in [1.82, 2.24) is 4.90 Å². The second kappa shape index (κ2) is 6.55. The van der Waals surface area contributed by atoms with Gasteiger partial charge in [0.25, 0.3) is 0 Å². The van der Waals surface area contributed by atoms with Gasteiger partial charge in [-0.15, -0.1) is 12.4 Å². The minimum Gasteiger partial charge on any atom is -0.326 e. The molecule has 0 spiro atoms. The summed E-state index contributed by atoms with van der Waals surface area (Å²) in [6, 6.07) is 9.36. The molecule has 3 heteroatoms. The summed E-state index contributed by atoms with van der Waals surface area (Å²) in [4.78, 5) is 2.46. The molecule has 1 aromatic rings. The van der Waals surface area contributed by atoms with Gasteiger partial charge in [-0.1, -0.05) is 45.0 Å². The normalized spacial score (nSPS) is 24.3. The van der Waals surface area contributed by atoms with Gasteiger partial charge in [0.1, 0.15) is 0 Å². The maximum atomic E-state index is 6.04. The molecule has 2 unspecified atom stereocenters. The van der Waals surface area contributed by atoms with Crippen LogP contribution in [-0.4, -0.2) is 24.0 Å². The summed E-state index contributed by atoms with van der Waals surface area (Å²) in [5, 5.41) is 0. The largest absolute Gasteiger partial charge is 0.326 e. The zero-order chi connectivity index (χ0) is 12.4. The highest BCUT2D eigenvalue weighted by atomic mass is 35.5. The summed E-state index contributed by atoms with van der Waals surface area (Å²) < 4.78 is 0. The molecule has 0 bridgehead atoms. The molecule has 1 aliphatic heterocycles. The van der Waals surface area contributed by atoms with Crippen LogP contribution in [-0.2, 0) is 6.54 Å². The van der Waals surface area contributed by atoms with E-state index in [9.17, 15) is 0 Å². The van der Waals surface area contributed by atoms with Gasteiger partial charge < -0.3 is 5.73 Å². The van der Waals surface area contributed by atoms with Crippen LogP contribution in [0.25, 0.3) is 0 Å². The Hall–Kier alpha value is -0.570. The van der Waals surface area contributed by atoms with Crippen molar-refractivity contribution in [1.29, 1.82) is 0 Å². The van der Waals surface area contributed by atoms with Gasteiger partial charge in [-0.25, -0.2) is 0 Å². The molecule has 1 aromatic carbocycles. The Bertz CT molecular complexity index is 351. The molecule has 1 aliphatic rings. The van der Waals surface area contributed by atoms with Crippen LogP contribution in [0.15, 0.2) is 24.3 Å². The molecule has 0 saturated carbocycles. The first-order valence-electron chi connectivity index (χ1n) is 6.63. The maximum absolute atomic E-state index is 6.04. The molecule has 2 atom stereocenters. The average Bonchev–Trinajstić information content (AvgIpc) is 2.58. The van der Waals surface area contributed by atoms with E-state index >= 15 is 0 Å². The standard InChI is InChI=1S/C15H24N2.ClH/c1-11(2)14-6-4-13(5-7-14)9-17-8-12(3)15(16)10-17;/h4-7,11-12,15H,8-10,16H2,1-3H3;1H. The van der Waals surface area contributed by atoms with Crippen molar-refractivity contribution in [2.75, 3.05) is 13.1 Å². The van der Waals surface area contributed by atoms with Crippen LogP contribution >= 0.6 is 12.4 Å². The minimum absolute atomic E-state index is 0.